The van der Waals surface area contributed by atoms with Crippen LogP contribution >= 0.6 is 11.6 Å². The molecule has 23 heavy (non-hydrogen) atoms. The summed E-state index contributed by atoms with van der Waals surface area (Å²) in [5.74, 6) is 0.344. The fourth-order valence-electron chi connectivity index (χ4n) is 3.46. The summed E-state index contributed by atoms with van der Waals surface area (Å²) in [5.41, 5.74) is -0.705. The quantitative estimate of drug-likeness (QED) is 0.914. The summed E-state index contributed by atoms with van der Waals surface area (Å²) in [5, 5.41) is 10.6. The zero-order chi connectivity index (χ0) is 16.6. The zero-order valence-electron chi connectivity index (χ0n) is 13.6. The second-order valence-electron chi connectivity index (χ2n) is 6.87. The Morgan fingerprint density at radius 3 is 2.65 bits per heavy atom. The average Bonchev–Trinajstić information content (AvgIpc) is 3.17. The van der Waals surface area contributed by atoms with E-state index in [0.29, 0.717) is 12.5 Å². The van der Waals surface area contributed by atoms with Gasteiger partial charge in [0.05, 0.1) is 22.9 Å². The third kappa shape index (κ3) is 3.28. The summed E-state index contributed by atoms with van der Waals surface area (Å²) in [7, 11) is 0. The highest BCUT2D eigenvalue weighted by atomic mass is 35.5. The number of aromatic nitrogens is 2. The van der Waals surface area contributed by atoms with Crippen molar-refractivity contribution in [2.45, 2.75) is 51.2 Å². The number of rotatable bonds is 3. The second-order valence-corrected chi connectivity index (χ2v) is 7.28. The van der Waals surface area contributed by atoms with Crippen molar-refractivity contribution < 1.29 is 9.90 Å². The first kappa shape index (κ1) is 16.5. The molecule has 0 bridgehead atoms. The minimum Gasteiger partial charge on any atom is -0.388 e. The normalized spacial score (nSPS) is 22.0. The van der Waals surface area contributed by atoms with E-state index >= 15 is 0 Å². The van der Waals surface area contributed by atoms with Gasteiger partial charge in [-0.3, -0.25) is 4.79 Å². The number of carbonyl (C=O) groups is 1. The van der Waals surface area contributed by atoms with E-state index in [-0.39, 0.29) is 22.7 Å². The zero-order valence-corrected chi connectivity index (χ0v) is 14.4. The van der Waals surface area contributed by atoms with Crippen LogP contribution in [0.4, 0.5) is 5.95 Å². The first-order chi connectivity index (χ1) is 10.9. The lowest BCUT2D eigenvalue weighted by molar-refractivity contribution is 0.000124. The number of anilines is 1. The molecule has 1 atom stereocenters. The Morgan fingerprint density at radius 1 is 1.30 bits per heavy atom. The number of halogens is 1. The predicted molar refractivity (Wildman–Crippen MR) is 88.8 cm³/mol. The molecule has 1 unspecified atom stereocenters. The van der Waals surface area contributed by atoms with Crippen LogP contribution in [-0.2, 0) is 0 Å². The minimum atomic E-state index is -0.941. The Kier molecular flexibility index (Phi) is 4.47. The topological polar surface area (TPSA) is 69.6 Å². The Labute approximate surface area is 141 Å². The SMILES string of the molecule is CC(C)(O)C1CCCN1C(=O)c1nc(N2CCCC2)ncc1Cl. The summed E-state index contributed by atoms with van der Waals surface area (Å²) < 4.78 is 0. The fourth-order valence-corrected chi connectivity index (χ4v) is 3.63. The summed E-state index contributed by atoms with van der Waals surface area (Å²) in [4.78, 5) is 25.4. The van der Waals surface area contributed by atoms with Crippen molar-refractivity contribution in [1.29, 1.82) is 0 Å². The molecule has 126 valence electrons. The molecule has 2 aliphatic heterocycles. The van der Waals surface area contributed by atoms with Crippen LogP contribution in [-0.4, -0.2) is 57.2 Å². The molecule has 2 aliphatic rings. The second kappa shape index (κ2) is 6.24. The third-order valence-electron chi connectivity index (χ3n) is 4.65. The van der Waals surface area contributed by atoms with Gasteiger partial charge in [-0.1, -0.05) is 11.6 Å². The summed E-state index contributed by atoms with van der Waals surface area (Å²) in [6.45, 7) is 5.91. The minimum absolute atomic E-state index is 0.212. The van der Waals surface area contributed by atoms with Gasteiger partial charge in [-0.15, -0.1) is 0 Å². The molecular formula is C16H23ClN4O2. The van der Waals surface area contributed by atoms with E-state index in [0.717, 1.165) is 38.8 Å². The molecule has 3 heterocycles. The highest BCUT2D eigenvalue weighted by Crippen LogP contribution is 2.29. The Morgan fingerprint density at radius 2 is 2.00 bits per heavy atom. The molecule has 1 amide bonds. The lowest BCUT2D eigenvalue weighted by Gasteiger charge is -2.33. The van der Waals surface area contributed by atoms with Crippen LogP contribution in [0.2, 0.25) is 5.02 Å². The van der Waals surface area contributed by atoms with Crippen LogP contribution in [0.3, 0.4) is 0 Å². The van der Waals surface area contributed by atoms with Gasteiger partial charge in [-0.05, 0) is 39.5 Å². The maximum atomic E-state index is 12.9. The molecule has 7 heteroatoms. The molecule has 2 fully saturated rings. The van der Waals surface area contributed by atoms with Crippen molar-refractivity contribution in [1.82, 2.24) is 14.9 Å². The number of amides is 1. The van der Waals surface area contributed by atoms with E-state index in [2.05, 4.69) is 14.9 Å². The molecule has 2 saturated heterocycles. The molecular weight excluding hydrogens is 316 g/mol. The van der Waals surface area contributed by atoms with Gasteiger partial charge in [0.2, 0.25) is 5.95 Å². The van der Waals surface area contributed by atoms with E-state index in [4.69, 9.17) is 11.6 Å². The Balaban J connectivity index is 1.88. The van der Waals surface area contributed by atoms with Crippen molar-refractivity contribution in [2.75, 3.05) is 24.5 Å². The van der Waals surface area contributed by atoms with Crippen LogP contribution in [0.25, 0.3) is 0 Å². The van der Waals surface area contributed by atoms with Crippen molar-refractivity contribution in [3.05, 3.63) is 16.9 Å². The molecule has 1 aromatic heterocycles. The molecule has 1 N–H and O–H groups in total. The maximum Gasteiger partial charge on any atom is 0.274 e. The van der Waals surface area contributed by atoms with Crippen molar-refractivity contribution in [2.24, 2.45) is 0 Å². The van der Waals surface area contributed by atoms with E-state index in [1.807, 2.05) is 0 Å². The van der Waals surface area contributed by atoms with Gasteiger partial charge in [0.1, 0.15) is 0 Å². The molecule has 0 saturated carbocycles. The predicted octanol–water partition coefficient (Wildman–Crippen LogP) is 2.11. The number of hydrogen-bond acceptors (Lipinski definition) is 5. The van der Waals surface area contributed by atoms with E-state index in [9.17, 15) is 9.90 Å². The number of aliphatic hydroxyl groups is 1. The molecule has 0 spiro atoms. The smallest absolute Gasteiger partial charge is 0.274 e. The number of hydrogen-bond donors (Lipinski definition) is 1. The van der Waals surface area contributed by atoms with Gasteiger partial charge in [-0.25, -0.2) is 9.97 Å². The van der Waals surface area contributed by atoms with Gasteiger partial charge in [0, 0.05) is 19.6 Å². The van der Waals surface area contributed by atoms with Crippen LogP contribution in [0.15, 0.2) is 6.20 Å². The summed E-state index contributed by atoms with van der Waals surface area (Å²) in [6, 6.07) is -0.212. The van der Waals surface area contributed by atoms with Crippen molar-refractivity contribution in [3.63, 3.8) is 0 Å². The molecule has 0 radical (unpaired) electrons. The van der Waals surface area contributed by atoms with Gasteiger partial charge < -0.3 is 14.9 Å². The van der Waals surface area contributed by atoms with Crippen LogP contribution in [0.1, 0.15) is 50.0 Å². The van der Waals surface area contributed by atoms with E-state index in [1.165, 1.54) is 6.20 Å². The first-order valence-corrected chi connectivity index (χ1v) is 8.56. The van der Waals surface area contributed by atoms with Gasteiger partial charge >= 0.3 is 0 Å². The summed E-state index contributed by atoms with van der Waals surface area (Å²) in [6.07, 6.45) is 5.40. The molecule has 0 aromatic carbocycles. The summed E-state index contributed by atoms with van der Waals surface area (Å²) >= 11 is 6.18. The number of likely N-dealkylation sites (tertiary alicyclic amines) is 1. The Bertz CT molecular complexity index is 596. The standard InChI is InChI=1S/C16H23ClN4O2/c1-16(2,23)12-6-5-9-21(12)14(22)13-11(17)10-18-15(19-13)20-7-3-4-8-20/h10,12,23H,3-9H2,1-2H3. The lowest BCUT2D eigenvalue weighted by atomic mass is 9.96. The van der Waals surface area contributed by atoms with Crippen molar-refractivity contribution in [3.8, 4) is 0 Å². The van der Waals surface area contributed by atoms with Gasteiger partial charge in [0.25, 0.3) is 5.91 Å². The fraction of sp³-hybridized carbons (Fsp3) is 0.688. The monoisotopic (exact) mass is 338 g/mol. The largest absolute Gasteiger partial charge is 0.388 e. The number of carbonyl (C=O) groups excluding carboxylic acids is 1. The maximum absolute atomic E-state index is 12.9. The van der Waals surface area contributed by atoms with Crippen LogP contribution in [0, 0.1) is 0 Å². The first-order valence-electron chi connectivity index (χ1n) is 8.19. The lowest BCUT2D eigenvalue weighted by Crippen LogP contribution is -2.48. The van der Waals surface area contributed by atoms with Gasteiger partial charge in [-0.2, -0.15) is 0 Å². The average molecular weight is 339 g/mol. The van der Waals surface area contributed by atoms with E-state index < -0.39 is 5.60 Å². The van der Waals surface area contributed by atoms with Gasteiger partial charge in [0.15, 0.2) is 5.69 Å². The highest BCUT2D eigenvalue weighted by Gasteiger charge is 2.39. The van der Waals surface area contributed by atoms with Crippen LogP contribution in [0.5, 0.6) is 0 Å². The molecule has 0 aliphatic carbocycles. The van der Waals surface area contributed by atoms with Crippen LogP contribution < -0.4 is 4.90 Å². The Hall–Kier alpha value is -1.40. The number of nitrogens with zero attached hydrogens (tertiary/aromatic N) is 4. The molecule has 1 aromatic rings. The molecule has 3 rings (SSSR count). The highest BCUT2D eigenvalue weighted by molar-refractivity contribution is 6.33. The molecule has 6 nitrogen and oxygen atoms in total. The van der Waals surface area contributed by atoms with Crippen molar-refractivity contribution >= 4 is 23.5 Å². The van der Waals surface area contributed by atoms with E-state index in [1.54, 1.807) is 18.7 Å². The third-order valence-corrected chi connectivity index (χ3v) is 4.93.